The van der Waals surface area contributed by atoms with Gasteiger partial charge in [0.15, 0.2) is 0 Å². The van der Waals surface area contributed by atoms with Gasteiger partial charge in [0.2, 0.25) is 0 Å². The Bertz CT molecular complexity index is 3250. The molecule has 61 heavy (non-hydrogen) atoms. The first-order valence-electron chi connectivity index (χ1n) is 21.3. The van der Waals surface area contributed by atoms with Crippen LogP contribution in [0, 0.1) is 0 Å². The molecule has 2 nitrogen and oxygen atoms in total. The van der Waals surface area contributed by atoms with E-state index in [1.54, 1.807) is 0 Å². The minimum atomic E-state index is -0.379. The lowest BCUT2D eigenvalue weighted by molar-refractivity contribution is 0.638. The minimum absolute atomic E-state index is 0.149. The van der Waals surface area contributed by atoms with Gasteiger partial charge in [-0.05, 0) is 122 Å². The molecule has 2 aliphatic carbocycles. The van der Waals surface area contributed by atoms with Crippen LogP contribution in [-0.4, -0.2) is 0 Å². The molecule has 0 amide bonds. The van der Waals surface area contributed by atoms with Crippen molar-refractivity contribution >= 4 is 39.0 Å². The van der Waals surface area contributed by atoms with Gasteiger partial charge in [-0.2, -0.15) is 0 Å². The van der Waals surface area contributed by atoms with Crippen LogP contribution >= 0.6 is 0 Å². The topological polar surface area (TPSA) is 16.4 Å². The molecule has 0 aliphatic heterocycles. The summed E-state index contributed by atoms with van der Waals surface area (Å²) in [6.07, 6.45) is 0. The molecule has 0 radical (unpaired) electrons. The Hall–Kier alpha value is -7.42. The second-order valence-electron chi connectivity index (χ2n) is 17.4. The standard InChI is InChI=1S/C59H43NO/c1-58(2)51-25-13-10-21-45(51)48-31-29-43(37-55(48)58)60(44-34-40(38-17-6-4-7-18-38)33-41(35-44)39-19-8-5-9-20-39)42-30-32-56-50(36-42)49-24-16-28-54(57(49)61-56)59(3)52-26-14-11-22-46(52)47-23-12-15-27-53(47)59/h4-37H,1-3H3. The molecule has 0 atom stereocenters. The van der Waals surface area contributed by atoms with E-state index in [0.29, 0.717) is 0 Å². The molecule has 0 bridgehead atoms. The van der Waals surface area contributed by atoms with E-state index in [1.165, 1.54) is 72.3 Å². The maximum absolute atomic E-state index is 7.00. The normalized spacial score (nSPS) is 14.1. The van der Waals surface area contributed by atoms with E-state index in [0.717, 1.165) is 39.0 Å². The smallest absolute Gasteiger partial charge is 0.139 e. The summed E-state index contributed by atoms with van der Waals surface area (Å²) in [5, 5.41) is 2.21. The highest BCUT2D eigenvalue weighted by atomic mass is 16.3. The fourth-order valence-corrected chi connectivity index (χ4v) is 10.7. The van der Waals surface area contributed by atoms with Crippen molar-refractivity contribution in [2.75, 3.05) is 4.90 Å². The van der Waals surface area contributed by atoms with Crippen LogP contribution < -0.4 is 4.90 Å². The zero-order chi connectivity index (χ0) is 40.9. The third-order valence-electron chi connectivity index (χ3n) is 13.7. The molecule has 2 heteroatoms. The van der Waals surface area contributed by atoms with Gasteiger partial charge in [0.25, 0.3) is 0 Å². The molecular formula is C59H43NO. The van der Waals surface area contributed by atoms with Gasteiger partial charge in [-0.25, -0.2) is 0 Å². The molecule has 0 unspecified atom stereocenters. The number of para-hydroxylation sites is 1. The van der Waals surface area contributed by atoms with E-state index in [9.17, 15) is 0 Å². The van der Waals surface area contributed by atoms with Gasteiger partial charge in [0, 0.05) is 44.2 Å². The van der Waals surface area contributed by atoms with E-state index in [1.807, 2.05) is 0 Å². The molecule has 0 saturated heterocycles. The first kappa shape index (κ1) is 35.5. The molecule has 290 valence electrons. The van der Waals surface area contributed by atoms with Crippen LogP contribution in [0.1, 0.15) is 48.6 Å². The summed E-state index contributed by atoms with van der Waals surface area (Å²) in [7, 11) is 0. The molecule has 0 spiro atoms. The Morgan fingerprint density at radius 3 is 1.49 bits per heavy atom. The summed E-state index contributed by atoms with van der Waals surface area (Å²) in [6.45, 7) is 7.08. The molecule has 2 aliphatic rings. The molecule has 0 fully saturated rings. The third-order valence-corrected chi connectivity index (χ3v) is 13.7. The molecule has 1 heterocycles. The number of hydrogen-bond donors (Lipinski definition) is 0. The van der Waals surface area contributed by atoms with Crippen molar-refractivity contribution in [2.24, 2.45) is 0 Å². The van der Waals surface area contributed by atoms with Gasteiger partial charge in [-0.15, -0.1) is 0 Å². The first-order chi connectivity index (χ1) is 29.9. The van der Waals surface area contributed by atoms with Crippen LogP contribution in [0.3, 0.4) is 0 Å². The second-order valence-corrected chi connectivity index (χ2v) is 17.4. The van der Waals surface area contributed by atoms with Crippen LogP contribution in [0.15, 0.2) is 211 Å². The summed E-state index contributed by atoms with van der Waals surface area (Å²) in [4.78, 5) is 2.45. The fraction of sp³-hybridized carbons (Fsp3) is 0.0847. The van der Waals surface area contributed by atoms with Crippen LogP contribution in [0.25, 0.3) is 66.4 Å². The Labute approximate surface area is 357 Å². The molecule has 1 aromatic heterocycles. The predicted octanol–water partition coefficient (Wildman–Crippen LogP) is 16.0. The SMILES string of the molecule is CC1(C)c2ccccc2-c2ccc(N(c3cc(-c4ccccc4)cc(-c4ccccc4)c3)c3ccc4oc5c(C6(C)c7ccccc7-c7ccccc76)cccc5c4c3)cc21. The number of nitrogens with zero attached hydrogens (tertiary/aromatic N) is 1. The Balaban J connectivity index is 1.09. The number of benzene rings is 9. The molecule has 10 aromatic rings. The van der Waals surface area contributed by atoms with Crippen molar-refractivity contribution in [3.05, 3.63) is 234 Å². The van der Waals surface area contributed by atoms with Crippen molar-refractivity contribution < 1.29 is 4.42 Å². The molecular weight excluding hydrogens is 739 g/mol. The lowest BCUT2D eigenvalue weighted by atomic mass is 9.74. The van der Waals surface area contributed by atoms with E-state index in [4.69, 9.17) is 4.42 Å². The Morgan fingerprint density at radius 2 is 0.852 bits per heavy atom. The average Bonchev–Trinajstić information content (AvgIpc) is 3.90. The van der Waals surface area contributed by atoms with Gasteiger partial charge in [0.05, 0.1) is 0 Å². The quantitative estimate of drug-likeness (QED) is 0.167. The Morgan fingerprint density at radius 1 is 0.344 bits per heavy atom. The van der Waals surface area contributed by atoms with Gasteiger partial charge in [-0.1, -0.05) is 172 Å². The molecule has 0 N–H and O–H groups in total. The van der Waals surface area contributed by atoms with Crippen LogP contribution in [0.5, 0.6) is 0 Å². The minimum Gasteiger partial charge on any atom is -0.456 e. The lowest BCUT2D eigenvalue weighted by Crippen LogP contribution is -2.22. The molecule has 0 saturated carbocycles. The van der Waals surface area contributed by atoms with Gasteiger partial charge in [0.1, 0.15) is 11.2 Å². The predicted molar refractivity (Wildman–Crippen MR) is 254 cm³/mol. The monoisotopic (exact) mass is 781 g/mol. The van der Waals surface area contributed by atoms with E-state index in [-0.39, 0.29) is 10.8 Å². The fourth-order valence-electron chi connectivity index (χ4n) is 10.7. The van der Waals surface area contributed by atoms with Crippen molar-refractivity contribution in [1.82, 2.24) is 0 Å². The Kier molecular flexibility index (Phi) is 7.74. The van der Waals surface area contributed by atoms with E-state index in [2.05, 4.69) is 232 Å². The van der Waals surface area contributed by atoms with Crippen molar-refractivity contribution in [2.45, 2.75) is 31.6 Å². The lowest BCUT2D eigenvalue weighted by Gasteiger charge is -2.29. The van der Waals surface area contributed by atoms with Crippen molar-refractivity contribution in [3.8, 4) is 44.5 Å². The zero-order valence-corrected chi connectivity index (χ0v) is 34.5. The zero-order valence-electron chi connectivity index (χ0n) is 34.5. The van der Waals surface area contributed by atoms with E-state index >= 15 is 0 Å². The number of hydrogen-bond acceptors (Lipinski definition) is 2. The van der Waals surface area contributed by atoms with Crippen LogP contribution in [-0.2, 0) is 10.8 Å². The number of rotatable bonds is 6. The van der Waals surface area contributed by atoms with Crippen molar-refractivity contribution in [3.63, 3.8) is 0 Å². The largest absolute Gasteiger partial charge is 0.456 e. The van der Waals surface area contributed by atoms with Gasteiger partial charge < -0.3 is 9.32 Å². The number of anilines is 3. The van der Waals surface area contributed by atoms with E-state index < -0.39 is 0 Å². The summed E-state index contributed by atoms with van der Waals surface area (Å²) < 4.78 is 7.00. The highest BCUT2D eigenvalue weighted by Gasteiger charge is 2.42. The highest BCUT2D eigenvalue weighted by molar-refractivity contribution is 6.08. The highest BCUT2D eigenvalue weighted by Crippen LogP contribution is 2.55. The molecule has 12 rings (SSSR count). The number of furan rings is 1. The third kappa shape index (κ3) is 5.28. The van der Waals surface area contributed by atoms with Crippen LogP contribution in [0.2, 0.25) is 0 Å². The van der Waals surface area contributed by atoms with Crippen molar-refractivity contribution in [1.29, 1.82) is 0 Å². The molecule has 9 aromatic carbocycles. The summed E-state index contributed by atoms with van der Waals surface area (Å²) in [5.74, 6) is 0. The van der Waals surface area contributed by atoms with Gasteiger partial charge in [-0.3, -0.25) is 0 Å². The summed E-state index contributed by atoms with van der Waals surface area (Å²) in [5.41, 5.74) is 21.0. The second kappa shape index (κ2) is 13.3. The maximum Gasteiger partial charge on any atom is 0.139 e. The average molecular weight is 782 g/mol. The first-order valence-corrected chi connectivity index (χ1v) is 21.3. The maximum atomic E-state index is 7.00. The van der Waals surface area contributed by atoms with Gasteiger partial charge >= 0.3 is 0 Å². The summed E-state index contributed by atoms with van der Waals surface area (Å²) in [6, 6.07) is 75.6. The van der Waals surface area contributed by atoms with Crippen LogP contribution in [0.4, 0.5) is 17.1 Å². The number of fused-ring (bicyclic) bond motifs is 9. The summed E-state index contributed by atoms with van der Waals surface area (Å²) >= 11 is 0.